The Kier molecular flexibility index (Phi) is 6.93. The Labute approximate surface area is 196 Å². The highest BCUT2D eigenvalue weighted by molar-refractivity contribution is 6.24. The number of carbonyl (C=O) groups excluding carboxylic acids is 1. The summed E-state index contributed by atoms with van der Waals surface area (Å²) in [6.45, 7) is 8.45. The fourth-order valence-corrected chi connectivity index (χ4v) is 4.40. The van der Waals surface area contributed by atoms with E-state index in [-0.39, 0.29) is 12.7 Å². The maximum absolute atomic E-state index is 12.4. The lowest BCUT2D eigenvalue weighted by atomic mass is 9.81. The lowest BCUT2D eigenvalue weighted by Gasteiger charge is -2.37. The number of pyridine rings is 1. The summed E-state index contributed by atoms with van der Waals surface area (Å²) in [6.07, 6.45) is 7.52. The first-order valence-electron chi connectivity index (χ1n) is 12.1. The molecule has 0 radical (unpaired) electrons. The molecule has 8 heteroatoms. The normalized spacial score (nSPS) is 23.7. The molecule has 2 aliphatic carbocycles. The summed E-state index contributed by atoms with van der Waals surface area (Å²) in [5.74, 6) is 0.692. The van der Waals surface area contributed by atoms with Crippen molar-refractivity contribution >= 4 is 23.1 Å². The summed E-state index contributed by atoms with van der Waals surface area (Å²) >= 11 is 0. The average molecular weight is 456 g/mol. The molecule has 0 atom stereocenters. The van der Waals surface area contributed by atoms with Crippen molar-refractivity contribution in [1.82, 2.24) is 15.2 Å². The van der Waals surface area contributed by atoms with Crippen LogP contribution in [0.15, 0.2) is 24.5 Å². The Morgan fingerprint density at radius 2 is 1.97 bits per heavy atom. The Bertz CT molecular complexity index is 892. The lowest BCUT2D eigenvalue weighted by Crippen LogP contribution is -2.50. The molecule has 1 amide bonds. The SMILES string of the molecule is CC(C)(C)OC(=O)N1CCN(c2cccnc2/C(=C/N[C@H]2C[C@H](CO)C2)C(=N)C2CC2)CC1. The Morgan fingerprint density at radius 1 is 1.27 bits per heavy atom. The minimum absolute atomic E-state index is 0.242. The van der Waals surface area contributed by atoms with Gasteiger partial charge in [-0.25, -0.2) is 4.79 Å². The zero-order chi connectivity index (χ0) is 23.6. The van der Waals surface area contributed by atoms with E-state index in [1.807, 2.05) is 33.0 Å². The second-order valence-electron chi connectivity index (χ2n) is 10.5. The summed E-state index contributed by atoms with van der Waals surface area (Å²) in [7, 11) is 0. The third-order valence-corrected chi connectivity index (χ3v) is 6.55. The molecule has 3 N–H and O–H groups in total. The number of aliphatic hydroxyl groups excluding tert-OH is 1. The average Bonchev–Trinajstić information content (AvgIpc) is 3.59. The summed E-state index contributed by atoms with van der Waals surface area (Å²) in [5, 5.41) is 21.6. The molecule has 1 aliphatic heterocycles. The van der Waals surface area contributed by atoms with Gasteiger partial charge in [-0.15, -0.1) is 0 Å². The maximum atomic E-state index is 12.4. The summed E-state index contributed by atoms with van der Waals surface area (Å²) in [4.78, 5) is 21.2. The Balaban J connectivity index is 1.48. The fourth-order valence-electron chi connectivity index (χ4n) is 4.40. The number of piperazine rings is 1. The van der Waals surface area contributed by atoms with Crippen LogP contribution in [0.1, 0.15) is 52.1 Å². The van der Waals surface area contributed by atoms with E-state index >= 15 is 0 Å². The number of anilines is 1. The van der Waals surface area contributed by atoms with Crippen molar-refractivity contribution in [3.8, 4) is 0 Å². The van der Waals surface area contributed by atoms with Gasteiger partial charge in [-0.05, 0) is 64.5 Å². The number of allylic oxidation sites excluding steroid dienone is 1. The van der Waals surface area contributed by atoms with Crippen LogP contribution in [0.2, 0.25) is 0 Å². The third-order valence-electron chi connectivity index (χ3n) is 6.55. The van der Waals surface area contributed by atoms with E-state index in [9.17, 15) is 9.90 Å². The van der Waals surface area contributed by atoms with Gasteiger partial charge in [0.1, 0.15) is 5.60 Å². The number of nitrogens with zero attached hydrogens (tertiary/aromatic N) is 3. The van der Waals surface area contributed by atoms with Crippen molar-refractivity contribution in [3.05, 3.63) is 30.2 Å². The topological polar surface area (TPSA) is 102 Å². The van der Waals surface area contributed by atoms with Crippen molar-refractivity contribution < 1.29 is 14.6 Å². The number of nitrogens with one attached hydrogen (secondary N) is 2. The zero-order valence-electron chi connectivity index (χ0n) is 20.0. The summed E-state index contributed by atoms with van der Waals surface area (Å²) in [5.41, 5.74) is 2.83. The molecule has 1 aromatic rings. The maximum Gasteiger partial charge on any atom is 0.410 e. The second-order valence-corrected chi connectivity index (χ2v) is 10.5. The van der Waals surface area contributed by atoms with Crippen LogP contribution < -0.4 is 10.2 Å². The molecule has 0 aromatic carbocycles. The zero-order valence-corrected chi connectivity index (χ0v) is 20.0. The van der Waals surface area contributed by atoms with Crippen LogP contribution in [-0.4, -0.2) is 71.2 Å². The van der Waals surface area contributed by atoms with Gasteiger partial charge in [-0.3, -0.25) is 4.98 Å². The molecular weight excluding hydrogens is 418 g/mol. The molecule has 3 fully saturated rings. The van der Waals surface area contributed by atoms with Crippen LogP contribution in [0.3, 0.4) is 0 Å². The van der Waals surface area contributed by atoms with E-state index in [0.717, 1.165) is 42.6 Å². The van der Waals surface area contributed by atoms with Gasteiger partial charge in [0.25, 0.3) is 0 Å². The molecule has 2 heterocycles. The molecule has 3 aliphatic rings. The Hall–Kier alpha value is -2.61. The highest BCUT2D eigenvalue weighted by Crippen LogP contribution is 2.37. The molecule has 33 heavy (non-hydrogen) atoms. The molecular formula is C25H37N5O3. The van der Waals surface area contributed by atoms with Gasteiger partial charge < -0.3 is 30.4 Å². The number of aliphatic hydroxyl groups is 1. The standard InChI is InChI=1S/C25H37N5O3/c1-25(2,3)33-24(32)30-11-9-29(10-12-30)21-5-4-8-27-23(21)20(22(26)18-6-7-18)15-28-19-13-17(14-19)16-31/h4-5,8,15,17-19,26,28,31H,6-7,9-14,16H2,1-3H3/b20-15+,26-22?/t17-,19-. The molecule has 1 saturated heterocycles. The molecule has 180 valence electrons. The smallest absolute Gasteiger partial charge is 0.410 e. The Morgan fingerprint density at radius 3 is 2.58 bits per heavy atom. The molecule has 1 aromatic heterocycles. The minimum atomic E-state index is -0.502. The first-order valence-corrected chi connectivity index (χ1v) is 12.1. The van der Waals surface area contributed by atoms with Gasteiger partial charge in [-0.1, -0.05) is 0 Å². The first kappa shape index (κ1) is 23.5. The molecule has 0 bridgehead atoms. The molecule has 2 saturated carbocycles. The summed E-state index contributed by atoms with van der Waals surface area (Å²) in [6, 6.07) is 4.33. The van der Waals surface area contributed by atoms with Crippen molar-refractivity contribution in [2.24, 2.45) is 11.8 Å². The third kappa shape index (κ3) is 5.85. The van der Waals surface area contributed by atoms with Crippen LogP contribution >= 0.6 is 0 Å². The largest absolute Gasteiger partial charge is 0.444 e. The quantitative estimate of drug-likeness (QED) is 0.546. The van der Waals surface area contributed by atoms with Gasteiger partial charge in [0, 0.05) is 68.4 Å². The van der Waals surface area contributed by atoms with Crippen LogP contribution in [0.4, 0.5) is 10.5 Å². The molecule has 4 rings (SSSR count). The first-order chi connectivity index (χ1) is 15.7. The van der Waals surface area contributed by atoms with Gasteiger partial charge in [-0.2, -0.15) is 0 Å². The van der Waals surface area contributed by atoms with Crippen molar-refractivity contribution in [2.75, 3.05) is 37.7 Å². The number of amides is 1. The summed E-state index contributed by atoms with van der Waals surface area (Å²) < 4.78 is 5.53. The van der Waals surface area contributed by atoms with Crippen molar-refractivity contribution in [1.29, 1.82) is 5.41 Å². The highest BCUT2D eigenvalue weighted by atomic mass is 16.6. The minimum Gasteiger partial charge on any atom is -0.444 e. The highest BCUT2D eigenvalue weighted by Gasteiger charge is 2.33. The van der Waals surface area contributed by atoms with Gasteiger partial charge in [0.15, 0.2) is 0 Å². The van der Waals surface area contributed by atoms with Crippen LogP contribution in [0.25, 0.3) is 5.57 Å². The van der Waals surface area contributed by atoms with Crippen LogP contribution in [-0.2, 0) is 4.74 Å². The molecule has 8 nitrogen and oxygen atoms in total. The fraction of sp³-hybridized carbons (Fsp3) is 0.640. The number of hydrogen-bond donors (Lipinski definition) is 3. The monoisotopic (exact) mass is 455 g/mol. The van der Waals surface area contributed by atoms with Crippen LogP contribution in [0.5, 0.6) is 0 Å². The lowest BCUT2D eigenvalue weighted by molar-refractivity contribution is 0.0240. The predicted molar refractivity (Wildman–Crippen MR) is 129 cm³/mol. The van der Waals surface area contributed by atoms with E-state index in [1.54, 1.807) is 11.1 Å². The van der Waals surface area contributed by atoms with Gasteiger partial charge in [0.2, 0.25) is 0 Å². The number of hydrogen-bond acceptors (Lipinski definition) is 7. The van der Waals surface area contributed by atoms with Crippen molar-refractivity contribution in [2.45, 2.75) is 58.1 Å². The van der Waals surface area contributed by atoms with E-state index in [4.69, 9.17) is 15.1 Å². The van der Waals surface area contributed by atoms with E-state index in [1.165, 1.54) is 0 Å². The van der Waals surface area contributed by atoms with Gasteiger partial charge in [0.05, 0.1) is 11.4 Å². The second kappa shape index (κ2) is 9.71. The van der Waals surface area contributed by atoms with E-state index < -0.39 is 5.60 Å². The predicted octanol–water partition coefficient (Wildman–Crippen LogP) is 3.27. The van der Waals surface area contributed by atoms with Gasteiger partial charge >= 0.3 is 6.09 Å². The van der Waals surface area contributed by atoms with Crippen molar-refractivity contribution in [3.63, 3.8) is 0 Å². The number of ether oxygens (including phenoxy) is 1. The molecule has 0 unspecified atom stereocenters. The number of carbonyl (C=O) groups is 1. The number of aromatic nitrogens is 1. The van der Waals surface area contributed by atoms with E-state index in [0.29, 0.717) is 49.8 Å². The van der Waals surface area contributed by atoms with E-state index in [2.05, 4.69) is 16.3 Å². The van der Waals surface area contributed by atoms with Crippen LogP contribution in [0, 0.1) is 17.2 Å². The number of rotatable bonds is 7. The molecule has 0 spiro atoms.